The second kappa shape index (κ2) is 6.54. The first-order valence-electron chi connectivity index (χ1n) is 6.25. The van der Waals surface area contributed by atoms with Crippen LogP contribution in [0.15, 0.2) is 12.4 Å². The first-order valence-corrected chi connectivity index (χ1v) is 6.63. The molecule has 0 aromatic carbocycles. The Morgan fingerprint density at radius 2 is 2.11 bits per heavy atom. The van der Waals surface area contributed by atoms with Gasteiger partial charge in [-0.3, -0.25) is 4.79 Å². The zero-order valence-corrected chi connectivity index (χ0v) is 11.0. The summed E-state index contributed by atoms with van der Waals surface area (Å²) in [5, 5.41) is 3.47. The molecule has 1 aromatic rings. The SMILES string of the molecule is O=C(CCNc1cc(Cl)ncn1)N1CCCCC1. The highest BCUT2D eigenvalue weighted by Gasteiger charge is 2.15. The third kappa shape index (κ3) is 3.84. The van der Waals surface area contributed by atoms with E-state index in [2.05, 4.69) is 15.3 Å². The topological polar surface area (TPSA) is 58.1 Å². The first-order chi connectivity index (χ1) is 8.75. The van der Waals surface area contributed by atoms with E-state index in [-0.39, 0.29) is 5.91 Å². The smallest absolute Gasteiger partial charge is 0.224 e. The average Bonchev–Trinajstić information content (AvgIpc) is 2.40. The van der Waals surface area contributed by atoms with Gasteiger partial charge >= 0.3 is 0 Å². The molecule has 0 saturated carbocycles. The Hall–Kier alpha value is -1.36. The zero-order valence-electron chi connectivity index (χ0n) is 10.2. The highest BCUT2D eigenvalue weighted by atomic mass is 35.5. The minimum absolute atomic E-state index is 0.211. The van der Waals surface area contributed by atoms with E-state index in [0.29, 0.717) is 23.9 Å². The molecule has 1 aromatic heterocycles. The molecular weight excluding hydrogens is 252 g/mol. The molecule has 0 spiro atoms. The van der Waals surface area contributed by atoms with Crippen LogP contribution in [0.2, 0.25) is 5.15 Å². The van der Waals surface area contributed by atoms with E-state index < -0.39 is 0 Å². The second-order valence-electron chi connectivity index (χ2n) is 4.34. The fraction of sp³-hybridized carbons (Fsp3) is 0.583. The molecule has 2 heterocycles. The lowest BCUT2D eigenvalue weighted by Crippen LogP contribution is -2.36. The van der Waals surface area contributed by atoms with E-state index in [1.807, 2.05) is 4.90 Å². The van der Waals surface area contributed by atoms with Crippen molar-refractivity contribution in [2.75, 3.05) is 25.0 Å². The quantitative estimate of drug-likeness (QED) is 0.848. The Kier molecular flexibility index (Phi) is 4.75. The molecule has 2 rings (SSSR count). The van der Waals surface area contributed by atoms with Crippen LogP contribution in [0, 0.1) is 0 Å². The van der Waals surface area contributed by atoms with Crippen molar-refractivity contribution < 1.29 is 4.79 Å². The molecule has 0 atom stereocenters. The Morgan fingerprint density at radius 1 is 1.33 bits per heavy atom. The molecule has 0 unspecified atom stereocenters. The molecule has 1 amide bonds. The Bertz CT molecular complexity index is 407. The molecule has 5 nitrogen and oxygen atoms in total. The molecule has 0 radical (unpaired) electrons. The maximum absolute atomic E-state index is 11.9. The number of nitrogens with one attached hydrogen (secondary N) is 1. The normalized spacial score (nSPS) is 15.5. The summed E-state index contributed by atoms with van der Waals surface area (Å²) in [4.78, 5) is 21.6. The third-order valence-electron chi connectivity index (χ3n) is 2.99. The van der Waals surface area contributed by atoms with Crippen LogP contribution in [0.25, 0.3) is 0 Å². The van der Waals surface area contributed by atoms with Crippen LogP contribution >= 0.6 is 11.6 Å². The van der Waals surface area contributed by atoms with E-state index in [1.165, 1.54) is 12.7 Å². The first kappa shape index (κ1) is 13.1. The minimum Gasteiger partial charge on any atom is -0.369 e. The van der Waals surface area contributed by atoms with Gasteiger partial charge in [-0.1, -0.05) is 11.6 Å². The van der Waals surface area contributed by atoms with Crippen LogP contribution in [-0.4, -0.2) is 40.4 Å². The fourth-order valence-corrected chi connectivity index (χ4v) is 2.18. The predicted octanol–water partition coefficient (Wildman–Crippen LogP) is 1.94. The number of nitrogens with zero attached hydrogens (tertiary/aromatic N) is 3. The predicted molar refractivity (Wildman–Crippen MR) is 70.6 cm³/mol. The van der Waals surface area contributed by atoms with Gasteiger partial charge in [-0.15, -0.1) is 0 Å². The van der Waals surface area contributed by atoms with Crippen molar-refractivity contribution in [2.45, 2.75) is 25.7 Å². The van der Waals surface area contributed by atoms with Crippen LogP contribution in [0.5, 0.6) is 0 Å². The molecule has 1 saturated heterocycles. The van der Waals surface area contributed by atoms with Gasteiger partial charge < -0.3 is 10.2 Å². The zero-order chi connectivity index (χ0) is 12.8. The van der Waals surface area contributed by atoms with Crippen molar-refractivity contribution >= 4 is 23.3 Å². The fourth-order valence-electron chi connectivity index (χ4n) is 2.03. The molecule has 98 valence electrons. The van der Waals surface area contributed by atoms with Crippen LogP contribution in [-0.2, 0) is 4.79 Å². The van der Waals surface area contributed by atoms with Crippen molar-refractivity contribution in [1.29, 1.82) is 0 Å². The van der Waals surface area contributed by atoms with Gasteiger partial charge in [0.05, 0.1) is 0 Å². The number of likely N-dealkylation sites (tertiary alicyclic amines) is 1. The average molecular weight is 269 g/mol. The summed E-state index contributed by atoms with van der Waals surface area (Å²) in [7, 11) is 0. The number of hydrogen-bond donors (Lipinski definition) is 1. The monoisotopic (exact) mass is 268 g/mol. The van der Waals surface area contributed by atoms with Gasteiger partial charge in [0.25, 0.3) is 0 Å². The van der Waals surface area contributed by atoms with Gasteiger partial charge in [-0.25, -0.2) is 9.97 Å². The molecule has 1 fully saturated rings. The van der Waals surface area contributed by atoms with Crippen LogP contribution < -0.4 is 5.32 Å². The molecule has 0 bridgehead atoms. The number of anilines is 1. The molecule has 0 aliphatic carbocycles. The summed E-state index contributed by atoms with van der Waals surface area (Å²) in [5.41, 5.74) is 0. The maximum atomic E-state index is 11.9. The van der Waals surface area contributed by atoms with E-state index in [0.717, 1.165) is 25.9 Å². The van der Waals surface area contributed by atoms with Gasteiger partial charge in [0.1, 0.15) is 17.3 Å². The van der Waals surface area contributed by atoms with E-state index >= 15 is 0 Å². The second-order valence-corrected chi connectivity index (χ2v) is 4.73. The summed E-state index contributed by atoms with van der Waals surface area (Å²) >= 11 is 5.74. The summed E-state index contributed by atoms with van der Waals surface area (Å²) in [5.74, 6) is 0.865. The molecule has 1 N–H and O–H groups in total. The van der Waals surface area contributed by atoms with E-state index in [1.54, 1.807) is 6.07 Å². The lowest BCUT2D eigenvalue weighted by atomic mass is 10.1. The molecule has 18 heavy (non-hydrogen) atoms. The van der Waals surface area contributed by atoms with Crippen molar-refractivity contribution in [3.05, 3.63) is 17.5 Å². The Morgan fingerprint density at radius 3 is 2.83 bits per heavy atom. The number of amides is 1. The summed E-state index contributed by atoms with van der Waals surface area (Å²) in [6.45, 7) is 2.37. The number of hydrogen-bond acceptors (Lipinski definition) is 4. The highest BCUT2D eigenvalue weighted by molar-refractivity contribution is 6.29. The van der Waals surface area contributed by atoms with Crippen molar-refractivity contribution in [2.24, 2.45) is 0 Å². The van der Waals surface area contributed by atoms with Gasteiger partial charge in [0, 0.05) is 32.1 Å². The summed E-state index contributed by atoms with van der Waals surface area (Å²) in [6.07, 6.45) is 5.38. The van der Waals surface area contributed by atoms with Gasteiger partial charge in [-0.05, 0) is 19.3 Å². The lowest BCUT2D eigenvalue weighted by molar-refractivity contribution is -0.131. The van der Waals surface area contributed by atoms with Crippen LogP contribution in [0.4, 0.5) is 5.82 Å². The standard InChI is InChI=1S/C12H17ClN4O/c13-10-8-11(16-9-15-10)14-5-4-12(18)17-6-2-1-3-7-17/h8-9H,1-7H2,(H,14,15,16). The number of piperidine rings is 1. The molecule has 1 aliphatic heterocycles. The molecule has 1 aliphatic rings. The number of aromatic nitrogens is 2. The lowest BCUT2D eigenvalue weighted by Gasteiger charge is -2.26. The van der Waals surface area contributed by atoms with Gasteiger partial charge in [-0.2, -0.15) is 0 Å². The Labute approximate surface area is 112 Å². The number of rotatable bonds is 4. The third-order valence-corrected chi connectivity index (χ3v) is 3.19. The Balaban J connectivity index is 1.73. The number of carbonyl (C=O) groups excluding carboxylic acids is 1. The van der Waals surface area contributed by atoms with Crippen molar-refractivity contribution in [3.63, 3.8) is 0 Å². The van der Waals surface area contributed by atoms with Crippen molar-refractivity contribution in [1.82, 2.24) is 14.9 Å². The van der Waals surface area contributed by atoms with Crippen LogP contribution in [0.1, 0.15) is 25.7 Å². The number of halogens is 1. The molecular formula is C12H17ClN4O. The van der Waals surface area contributed by atoms with Crippen LogP contribution in [0.3, 0.4) is 0 Å². The highest BCUT2D eigenvalue weighted by Crippen LogP contribution is 2.11. The summed E-state index contributed by atoms with van der Waals surface area (Å²) in [6, 6.07) is 1.65. The number of carbonyl (C=O) groups is 1. The van der Waals surface area contributed by atoms with Gasteiger partial charge in [0.2, 0.25) is 5.91 Å². The molecule has 6 heteroatoms. The van der Waals surface area contributed by atoms with Gasteiger partial charge in [0.15, 0.2) is 0 Å². The van der Waals surface area contributed by atoms with E-state index in [4.69, 9.17) is 11.6 Å². The maximum Gasteiger partial charge on any atom is 0.224 e. The summed E-state index contributed by atoms with van der Waals surface area (Å²) < 4.78 is 0. The van der Waals surface area contributed by atoms with E-state index in [9.17, 15) is 4.79 Å². The van der Waals surface area contributed by atoms with Crippen molar-refractivity contribution in [3.8, 4) is 0 Å². The largest absolute Gasteiger partial charge is 0.369 e. The minimum atomic E-state index is 0.211.